The van der Waals surface area contributed by atoms with Gasteiger partial charge >= 0.3 is 0 Å². The van der Waals surface area contributed by atoms with Crippen LogP contribution in [0.4, 0.5) is 0 Å². The minimum Gasteiger partial charge on any atom is -0.310 e. The molecule has 1 heterocycles. The quantitative estimate of drug-likeness (QED) is 0.770. The van der Waals surface area contributed by atoms with Gasteiger partial charge in [-0.2, -0.15) is 11.8 Å². The van der Waals surface area contributed by atoms with Crippen LogP contribution in [0.3, 0.4) is 0 Å². The summed E-state index contributed by atoms with van der Waals surface area (Å²) in [5.41, 5.74) is 0. The number of nitrogens with one attached hydrogen (secondary N) is 1. The van der Waals surface area contributed by atoms with E-state index in [2.05, 4.69) is 17.1 Å². The van der Waals surface area contributed by atoms with Crippen molar-refractivity contribution in [1.82, 2.24) is 5.32 Å². The van der Waals surface area contributed by atoms with Gasteiger partial charge < -0.3 is 5.32 Å². The molecule has 3 rings (SSSR count). The second-order valence-corrected chi connectivity index (χ2v) is 6.48. The Labute approximate surface area is 91.4 Å². The molecular formula is C12H21NS. The van der Waals surface area contributed by atoms with Gasteiger partial charge in [-0.15, -0.1) is 0 Å². The van der Waals surface area contributed by atoms with Crippen molar-refractivity contribution in [2.24, 2.45) is 11.8 Å². The lowest BCUT2D eigenvalue weighted by atomic mass is 10.0. The number of hydrogen-bond acceptors (Lipinski definition) is 2. The van der Waals surface area contributed by atoms with Crippen molar-refractivity contribution < 1.29 is 0 Å². The minimum atomic E-state index is 0.850. The van der Waals surface area contributed by atoms with Crippen molar-refractivity contribution in [1.29, 1.82) is 0 Å². The molecule has 14 heavy (non-hydrogen) atoms. The summed E-state index contributed by atoms with van der Waals surface area (Å²) in [6, 6.07) is 1.73. The van der Waals surface area contributed by atoms with Crippen LogP contribution < -0.4 is 5.32 Å². The third-order valence-electron chi connectivity index (χ3n) is 4.16. The fourth-order valence-electron chi connectivity index (χ4n) is 3.16. The molecule has 1 aliphatic heterocycles. The van der Waals surface area contributed by atoms with E-state index in [1.165, 1.54) is 50.0 Å². The van der Waals surface area contributed by atoms with Crippen LogP contribution in [0.1, 0.15) is 38.5 Å². The van der Waals surface area contributed by atoms with Crippen molar-refractivity contribution in [3.8, 4) is 0 Å². The Morgan fingerprint density at radius 1 is 0.857 bits per heavy atom. The van der Waals surface area contributed by atoms with Crippen LogP contribution in [0.25, 0.3) is 0 Å². The van der Waals surface area contributed by atoms with Crippen molar-refractivity contribution in [3.63, 3.8) is 0 Å². The molecule has 2 heteroatoms. The summed E-state index contributed by atoms with van der Waals surface area (Å²) in [4.78, 5) is 0. The molecule has 0 radical (unpaired) electrons. The highest BCUT2D eigenvalue weighted by molar-refractivity contribution is 7.99. The smallest absolute Gasteiger partial charge is 0.0168 e. The average molecular weight is 211 g/mol. The Bertz CT molecular complexity index is 196. The summed E-state index contributed by atoms with van der Waals surface area (Å²) >= 11 is 2.12. The molecule has 0 aromatic carbocycles. The van der Waals surface area contributed by atoms with Crippen molar-refractivity contribution >= 4 is 11.8 Å². The van der Waals surface area contributed by atoms with E-state index in [1.807, 2.05) is 0 Å². The molecule has 80 valence electrons. The predicted molar refractivity (Wildman–Crippen MR) is 62.7 cm³/mol. The first-order chi connectivity index (χ1) is 6.92. The molecule has 0 spiro atoms. The Hall–Kier alpha value is 0.310. The van der Waals surface area contributed by atoms with Crippen molar-refractivity contribution in [2.75, 3.05) is 11.5 Å². The monoisotopic (exact) mass is 211 g/mol. The fraction of sp³-hybridized carbons (Fsp3) is 1.00. The van der Waals surface area contributed by atoms with Crippen LogP contribution in [0.15, 0.2) is 0 Å². The zero-order valence-electron chi connectivity index (χ0n) is 8.87. The standard InChI is InChI=1S/C12H21NS/c1-2-9(1)10-3-4-11(7-10)13-12-5-6-14-8-12/h9-13H,1-8H2. The molecular weight excluding hydrogens is 190 g/mol. The highest BCUT2D eigenvalue weighted by Crippen LogP contribution is 2.45. The topological polar surface area (TPSA) is 12.0 Å². The van der Waals surface area contributed by atoms with Gasteiger partial charge in [0.25, 0.3) is 0 Å². The molecule has 2 aliphatic carbocycles. The van der Waals surface area contributed by atoms with Crippen LogP contribution in [-0.2, 0) is 0 Å². The summed E-state index contributed by atoms with van der Waals surface area (Å²) in [5, 5.41) is 3.87. The van der Waals surface area contributed by atoms with Crippen molar-refractivity contribution in [3.05, 3.63) is 0 Å². The lowest BCUT2D eigenvalue weighted by molar-refractivity contribution is 0.419. The Balaban J connectivity index is 1.45. The predicted octanol–water partition coefficient (Wildman–Crippen LogP) is 2.66. The van der Waals surface area contributed by atoms with Crippen molar-refractivity contribution in [2.45, 2.75) is 50.6 Å². The molecule has 1 nitrogen and oxygen atoms in total. The molecule has 2 saturated carbocycles. The zero-order chi connectivity index (χ0) is 9.38. The van der Waals surface area contributed by atoms with E-state index in [0.717, 1.165) is 23.9 Å². The second-order valence-electron chi connectivity index (χ2n) is 5.33. The third-order valence-corrected chi connectivity index (χ3v) is 5.33. The van der Waals surface area contributed by atoms with Gasteiger partial charge in [0, 0.05) is 17.8 Å². The van der Waals surface area contributed by atoms with Crippen LogP contribution >= 0.6 is 11.8 Å². The van der Waals surface area contributed by atoms with Gasteiger partial charge in [0.2, 0.25) is 0 Å². The first-order valence-corrected chi connectivity index (χ1v) is 7.41. The van der Waals surface area contributed by atoms with Crippen LogP contribution in [-0.4, -0.2) is 23.6 Å². The molecule has 0 bridgehead atoms. The van der Waals surface area contributed by atoms with E-state index in [1.54, 1.807) is 0 Å². The normalized spacial score (nSPS) is 43.3. The molecule has 3 unspecified atom stereocenters. The summed E-state index contributed by atoms with van der Waals surface area (Å²) in [5.74, 6) is 4.99. The molecule has 0 aromatic heterocycles. The van der Waals surface area contributed by atoms with Gasteiger partial charge in [0.1, 0.15) is 0 Å². The number of thioether (sulfide) groups is 1. The second kappa shape index (κ2) is 4.05. The van der Waals surface area contributed by atoms with E-state index in [9.17, 15) is 0 Å². The zero-order valence-corrected chi connectivity index (χ0v) is 9.69. The van der Waals surface area contributed by atoms with Gasteiger partial charge in [0.05, 0.1) is 0 Å². The lowest BCUT2D eigenvalue weighted by Crippen LogP contribution is -2.36. The van der Waals surface area contributed by atoms with E-state index in [-0.39, 0.29) is 0 Å². The van der Waals surface area contributed by atoms with Crippen LogP contribution in [0, 0.1) is 11.8 Å². The first-order valence-electron chi connectivity index (χ1n) is 6.25. The SMILES string of the molecule is C1CC(NC2CCC(C3CC3)C2)CS1. The molecule has 0 aromatic rings. The molecule has 3 fully saturated rings. The van der Waals surface area contributed by atoms with Gasteiger partial charge in [-0.1, -0.05) is 0 Å². The Morgan fingerprint density at radius 3 is 2.43 bits per heavy atom. The fourth-order valence-corrected chi connectivity index (χ4v) is 4.33. The summed E-state index contributed by atoms with van der Waals surface area (Å²) in [6.45, 7) is 0. The van der Waals surface area contributed by atoms with Gasteiger partial charge in [-0.25, -0.2) is 0 Å². The summed E-state index contributed by atoms with van der Waals surface area (Å²) in [6.07, 6.45) is 8.96. The Kier molecular flexibility index (Phi) is 2.76. The number of rotatable bonds is 3. The average Bonchev–Trinajstić information content (AvgIpc) is 2.75. The van der Waals surface area contributed by atoms with E-state index in [4.69, 9.17) is 0 Å². The van der Waals surface area contributed by atoms with Crippen LogP contribution in [0.5, 0.6) is 0 Å². The molecule has 1 saturated heterocycles. The maximum atomic E-state index is 3.87. The molecule has 1 N–H and O–H groups in total. The highest BCUT2D eigenvalue weighted by atomic mass is 32.2. The molecule has 0 amide bonds. The lowest BCUT2D eigenvalue weighted by Gasteiger charge is -2.18. The maximum absolute atomic E-state index is 3.87. The summed E-state index contributed by atoms with van der Waals surface area (Å²) < 4.78 is 0. The van der Waals surface area contributed by atoms with E-state index < -0.39 is 0 Å². The summed E-state index contributed by atoms with van der Waals surface area (Å²) in [7, 11) is 0. The maximum Gasteiger partial charge on any atom is 0.0168 e. The van der Waals surface area contributed by atoms with E-state index in [0.29, 0.717) is 0 Å². The number of hydrogen-bond donors (Lipinski definition) is 1. The largest absolute Gasteiger partial charge is 0.310 e. The third kappa shape index (κ3) is 2.11. The highest BCUT2D eigenvalue weighted by Gasteiger charge is 2.37. The van der Waals surface area contributed by atoms with Crippen LogP contribution in [0.2, 0.25) is 0 Å². The van der Waals surface area contributed by atoms with E-state index >= 15 is 0 Å². The van der Waals surface area contributed by atoms with Gasteiger partial charge in [-0.05, 0) is 56.1 Å². The molecule has 3 atom stereocenters. The minimum absolute atomic E-state index is 0.850. The van der Waals surface area contributed by atoms with Gasteiger partial charge in [-0.3, -0.25) is 0 Å². The van der Waals surface area contributed by atoms with Gasteiger partial charge in [0.15, 0.2) is 0 Å². The molecule has 3 aliphatic rings. The first kappa shape index (κ1) is 9.53. The Morgan fingerprint density at radius 2 is 1.71 bits per heavy atom.